The molecule has 0 bridgehead atoms. The second-order valence-electron chi connectivity index (χ2n) is 5.39. The van der Waals surface area contributed by atoms with Crippen LogP contribution in [0.1, 0.15) is 25.7 Å². The van der Waals surface area contributed by atoms with Crippen LogP contribution in [-0.2, 0) is 0 Å². The fourth-order valence-electron chi connectivity index (χ4n) is 2.60. The van der Waals surface area contributed by atoms with Gasteiger partial charge in [-0.1, -0.05) is 36.0 Å². The second kappa shape index (κ2) is 7.16. The summed E-state index contributed by atoms with van der Waals surface area (Å²) < 4.78 is 0. The van der Waals surface area contributed by atoms with Gasteiger partial charge in [0, 0.05) is 24.3 Å². The lowest BCUT2D eigenvalue weighted by Gasteiger charge is -2.21. The SMILES string of the molecule is Clc1ccc(Nc2nccc(N3CCCCCC3)n2)c(Cl)c1. The van der Waals surface area contributed by atoms with Crippen LogP contribution in [0.2, 0.25) is 10.0 Å². The molecule has 0 atom stereocenters. The molecule has 0 amide bonds. The van der Waals surface area contributed by atoms with E-state index in [0.29, 0.717) is 16.0 Å². The van der Waals surface area contributed by atoms with Crippen molar-refractivity contribution in [2.75, 3.05) is 23.3 Å². The Morgan fingerprint density at radius 3 is 2.50 bits per heavy atom. The van der Waals surface area contributed by atoms with E-state index in [1.807, 2.05) is 12.1 Å². The maximum absolute atomic E-state index is 6.18. The first-order chi connectivity index (χ1) is 10.7. The van der Waals surface area contributed by atoms with Gasteiger partial charge in [-0.2, -0.15) is 4.98 Å². The second-order valence-corrected chi connectivity index (χ2v) is 6.23. The lowest BCUT2D eigenvalue weighted by Crippen LogP contribution is -2.25. The van der Waals surface area contributed by atoms with Crippen molar-refractivity contribution >= 4 is 40.7 Å². The van der Waals surface area contributed by atoms with E-state index in [9.17, 15) is 0 Å². The van der Waals surface area contributed by atoms with Gasteiger partial charge in [-0.05, 0) is 37.1 Å². The van der Waals surface area contributed by atoms with Crippen molar-refractivity contribution in [2.45, 2.75) is 25.7 Å². The normalized spacial score (nSPS) is 15.5. The molecule has 1 aliphatic rings. The zero-order valence-electron chi connectivity index (χ0n) is 12.2. The van der Waals surface area contributed by atoms with Gasteiger partial charge in [-0.3, -0.25) is 0 Å². The molecule has 2 aromatic rings. The molecular weight excluding hydrogens is 319 g/mol. The lowest BCUT2D eigenvalue weighted by molar-refractivity contribution is 0.726. The van der Waals surface area contributed by atoms with Gasteiger partial charge < -0.3 is 10.2 Å². The van der Waals surface area contributed by atoms with Crippen molar-refractivity contribution < 1.29 is 0 Å². The Balaban J connectivity index is 1.78. The lowest BCUT2D eigenvalue weighted by atomic mass is 10.2. The molecule has 1 saturated heterocycles. The van der Waals surface area contributed by atoms with Gasteiger partial charge in [-0.15, -0.1) is 0 Å². The number of halogens is 2. The average Bonchev–Trinajstić information content (AvgIpc) is 2.80. The fraction of sp³-hybridized carbons (Fsp3) is 0.375. The minimum absolute atomic E-state index is 0.547. The van der Waals surface area contributed by atoms with E-state index in [2.05, 4.69) is 20.2 Å². The van der Waals surface area contributed by atoms with Crippen LogP contribution >= 0.6 is 23.2 Å². The molecule has 0 unspecified atom stereocenters. The highest BCUT2D eigenvalue weighted by Crippen LogP contribution is 2.27. The van der Waals surface area contributed by atoms with Gasteiger partial charge >= 0.3 is 0 Å². The highest BCUT2D eigenvalue weighted by molar-refractivity contribution is 6.36. The Morgan fingerprint density at radius 2 is 1.77 bits per heavy atom. The number of hydrogen-bond donors (Lipinski definition) is 1. The quantitative estimate of drug-likeness (QED) is 0.864. The summed E-state index contributed by atoms with van der Waals surface area (Å²) in [7, 11) is 0. The van der Waals surface area contributed by atoms with Crippen LogP contribution in [0.25, 0.3) is 0 Å². The Morgan fingerprint density at radius 1 is 1.00 bits per heavy atom. The largest absolute Gasteiger partial charge is 0.356 e. The standard InChI is InChI=1S/C16H18Cl2N4/c17-12-5-6-14(13(18)11-12)20-16-19-8-7-15(21-16)22-9-3-1-2-4-10-22/h5-8,11H,1-4,9-10H2,(H,19,20,21). The molecule has 0 spiro atoms. The van der Waals surface area contributed by atoms with Gasteiger partial charge in [0.2, 0.25) is 5.95 Å². The summed E-state index contributed by atoms with van der Waals surface area (Å²) in [6.07, 6.45) is 6.81. The zero-order chi connectivity index (χ0) is 15.4. The van der Waals surface area contributed by atoms with Crippen LogP contribution < -0.4 is 10.2 Å². The topological polar surface area (TPSA) is 41.1 Å². The number of benzene rings is 1. The highest BCUT2D eigenvalue weighted by atomic mass is 35.5. The average molecular weight is 337 g/mol. The zero-order valence-corrected chi connectivity index (χ0v) is 13.7. The molecule has 22 heavy (non-hydrogen) atoms. The van der Waals surface area contributed by atoms with E-state index < -0.39 is 0 Å². The molecule has 0 radical (unpaired) electrons. The van der Waals surface area contributed by atoms with E-state index in [0.717, 1.165) is 24.6 Å². The first kappa shape index (κ1) is 15.4. The van der Waals surface area contributed by atoms with Gasteiger partial charge in [0.25, 0.3) is 0 Å². The maximum Gasteiger partial charge on any atom is 0.229 e. The molecule has 2 heterocycles. The summed E-state index contributed by atoms with van der Waals surface area (Å²) in [4.78, 5) is 11.2. The van der Waals surface area contributed by atoms with Crippen molar-refractivity contribution in [3.05, 3.63) is 40.5 Å². The van der Waals surface area contributed by atoms with E-state index in [1.54, 1.807) is 18.3 Å². The van der Waals surface area contributed by atoms with Crippen LogP contribution in [0.4, 0.5) is 17.5 Å². The number of aromatic nitrogens is 2. The third-order valence-electron chi connectivity index (χ3n) is 3.75. The van der Waals surface area contributed by atoms with Gasteiger partial charge in [0.15, 0.2) is 0 Å². The summed E-state index contributed by atoms with van der Waals surface area (Å²) in [5.41, 5.74) is 0.749. The van der Waals surface area contributed by atoms with E-state index in [4.69, 9.17) is 23.2 Å². The predicted octanol–water partition coefficient (Wildman–Crippen LogP) is 4.91. The smallest absolute Gasteiger partial charge is 0.229 e. The number of hydrogen-bond acceptors (Lipinski definition) is 4. The van der Waals surface area contributed by atoms with Gasteiger partial charge in [-0.25, -0.2) is 4.98 Å². The summed E-state index contributed by atoms with van der Waals surface area (Å²) in [5.74, 6) is 1.51. The molecular formula is C16H18Cl2N4. The van der Waals surface area contributed by atoms with Crippen molar-refractivity contribution in [2.24, 2.45) is 0 Å². The first-order valence-electron chi connectivity index (χ1n) is 7.52. The summed E-state index contributed by atoms with van der Waals surface area (Å²) in [6.45, 7) is 2.11. The monoisotopic (exact) mass is 336 g/mol. The molecule has 116 valence electrons. The van der Waals surface area contributed by atoms with Crippen LogP contribution in [0.5, 0.6) is 0 Å². The van der Waals surface area contributed by atoms with Crippen molar-refractivity contribution in [1.29, 1.82) is 0 Å². The Bertz CT molecular complexity index is 640. The third-order valence-corrected chi connectivity index (χ3v) is 4.30. The van der Waals surface area contributed by atoms with Crippen LogP contribution in [0, 0.1) is 0 Å². The molecule has 0 aliphatic carbocycles. The minimum Gasteiger partial charge on any atom is -0.356 e. The maximum atomic E-state index is 6.18. The van der Waals surface area contributed by atoms with E-state index >= 15 is 0 Å². The number of rotatable bonds is 3. The van der Waals surface area contributed by atoms with Crippen LogP contribution in [0.15, 0.2) is 30.5 Å². The first-order valence-corrected chi connectivity index (χ1v) is 8.28. The molecule has 1 aromatic carbocycles. The van der Waals surface area contributed by atoms with Crippen LogP contribution in [0.3, 0.4) is 0 Å². The molecule has 4 nitrogen and oxygen atoms in total. The van der Waals surface area contributed by atoms with Crippen molar-refractivity contribution in [3.8, 4) is 0 Å². The Hall–Kier alpha value is -1.52. The van der Waals surface area contributed by atoms with Crippen molar-refractivity contribution in [1.82, 2.24) is 9.97 Å². The molecule has 1 fully saturated rings. The third kappa shape index (κ3) is 3.81. The van der Waals surface area contributed by atoms with Crippen LogP contribution in [-0.4, -0.2) is 23.1 Å². The molecule has 1 aliphatic heterocycles. The Labute approximate surface area is 140 Å². The molecule has 0 saturated carbocycles. The highest BCUT2D eigenvalue weighted by Gasteiger charge is 2.12. The summed E-state index contributed by atoms with van der Waals surface area (Å²) in [5, 5.41) is 4.31. The number of nitrogens with one attached hydrogen (secondary N) is 1. The van der Waals surface area contributed by atoms with E-state index in [1.165, 1.54) is 25.7 Å². The van der Waals surface area contributed by atoms with Gasteiger partial charge in [0.1, 0.15) is 5.82 Å². The predicted molar refractivity (Wildman–Crippen MR) is 92.5 cm³/mol. The molecule has 1 N–H and O–H groups in total. The molecule has 1 aromatic heterocycles. The van der Waals surface area contributed by atoms with Crippen molar-refractivity contribution in [3.63, 3.8) is 0 Å². The number of nitrogens with zero attached hydrogens (tertiary/aromatic N) is 3. The number of anilines is 3. The Kier molecular flexibility index (Phi) is 5.01. The summed E-state index contributed by atoms with van der Waals surface area (Å²) in [6, 6.07) is 7.27. The molecule has 3 rings (SSSR count). The minimum atomic E-state index is 0.547. The summed E-state index contributed by atoms with van der Waals surface area (Å²) >= 11 is 12.1. The fourth-order valence-corrected chi connectivity index (χ4v) is 3.05. The van der Waals surface area contributed by atoms with E-state index in [-0.39, 0.29) is 0 Å². The van der Waals surface area contributed by atoms with Gasteiger partial charge in [0.05, 0.1) is 10.7 Å². The molecule has 6 heteroatoms.